The number of likely N-dealkylation sites (N-methyl/N-ethyl adjacent to an activating group) is 1. The highest BCUT2D eigenvalue weighted by atomic mass is 16.5. The minimum Gasteiger partial charge on any atom is -0.494 e. The highest BCUT2D eigenvalue weighted by molar-refractivity contribution is 5.76. The number of hydrogen-bond acceptors (Lipinski definition) is 6. The van der Waals surface area contributed by atoms with E-state index < -0.39 is 0 Å². The molecule has 3 aromatic rings. The number of aryl methyl sites for hydroxylation is 2. The molecular weight excluding hydrogens is 382 g/mol. The fraction of sp³-hybridized carbons (Fsp3) is 0.348. The number of rotatable bonds is 10. The van der Waals surface area contributed by atoms with Gasteiger partial charge in [-0.3, -0.25) is 4.79 Å². The summed E-state index contributed by atoms with van der Waals surface area (Å²) in [5.74, 6) is 2.54. The van der Waals surface area contributed by atoms with Gasteiger partial charge < -0.3 is 18.9 Å². The van der Waals surface area contributed by atoms with Crippen LogP contribution in [0.15, 0.2) is 53.1 Å². The predicted molar refractivity (Wildman–Crippen MR) is 114 cm³/mol. The van der Waals surface area contributed by atoms with E-state index in [-0.39, 0.29) is 5.91 Å². The van der Waals surface area contributed by atoms with Crippen molar-refractivity contribution in [3.63, 3.8) is 0 Å². The smallest absolute Gasteiger partial charge is 0.227 e. The van der Waals surface area contributed by atoms with E-state index in [1.54, 1.807) is 11.9 Å². The van der Waals surface area contributed by atoms with Crippen LogP contribution in [0.3, 0.4) is 0 Å². The summed E-state index contributed by atoms with van der Waals surface area (Å²) in [5, 5.41) is 4.00. The molecule has 7 heteroatoms. The molecule has 0 radical (unpaired) electrons. The summed E-state index contributed by atoms with van der Waals surface area (Å²) < 4.78 is 16.4. The second-order valence-corrected chi connectivity index (χ2v) is 6.95. The molecule has 30 heavy (non-hydrogen) atoms. The molecule has 0 aliphatic rings. The average molecular weight is 409 g/mol. The van der Waals surface area contributed by atoms with Crippen LogP contribution in [0.4, 0.5) is 0 Å². The summed E-state index contributed by atoms with van der Waals surface area (Å²) in [5.41, 5.74) is 2.02. The van der Waals surface area contributed by atoms with Gasteiger partial charge in [0.1, 0.15) is 18.1 Å². The van der Waals surface area contributed by atoms with Crippen LogP contribution in [0, 0.1) is 6.92 Å². The minimum atomic E-state index is 0.00308. The first-order chi connectivity index (χ1) is 14.5. The largest absolute Gasteiger partial charge is 0.494 e. The minimum absolute atomic E-state index is 0.00308. The van der Waals surface area contributed by atoms with Crippen LogP contribution in [0.1, 0.15) is 24.8 Å². The number of amides is 1. The van der Waals surface area contributed by atoms with Crippen molar-refractivity contribution in [1.29, 1.82) is 0 Å². The molecule has 1 heterocycles. The van der Waals surface area contributed by atoms with Gasteiger partial charge >= 0.3 is 0 Å². The number of benzene rings is 2. The standard InChI is InChI=1S/C23H27N3O4/c1-4-28-19-11-7-18(8-12-19)23-24-21(30-25-23)13-14-22(27)26(3)15-16-29-20-9-5-17(2)6-10-20/h5-12H,4,13-16H2,1-3H3. The maximum absolute atomic E-state index is 12.3. The Morgan fingerprint density at radius 1 is 1.03 bits per heavy atom. The van der Waals surface area contributed by atoms with Crippen LogP contribution < -0.4 is 9.47 Å². The topological polar surface area (TPSA) is 77.7 Å². The molecule has 0 saturated carbocycles. The first-order valence-corrected chi connectivity index (χ1v) is 10.0. The van der Waals surface area contributed by atoms with Crippen molar-refractivity contribution >= 4 is 5.91 Å². The lowest BCUT2D eigenvalue weighted by Crippen LogP contribution is -2.31. The molecule has 0 aliphatic carbocycles. The fourth-order valence-electron chi connectivity index (χ4n) is 2.80. The molecule has 0 bridgehead atoms. The second kappa shape index (κ2) is 10.4. The number of carbonyl (C=O) groups excluding carboxylic acids is 1. The highest BCUT2D eigenvalue weighted by Crippen LogP contribution is 2.20. The van der Waals surface area contributed by atoms with Crippen LogP contribution in [-0.4, -0.2) is 47.8 Å². The van der Waals surface area contributed by atoms with Crippen molar-refractivity contribution in [2.75, 3.05) is 26.8 Å². The van der Waals surface area contributed by atoms with Gasteiger partial charge in [0.15, 0.2) is 0 Å². The first-order valence-electron chi connectivity index (χ1n) is 10.0. The molecule has 0 N–H and O–H groups in total. The number of hydrogen-bond donors (Lipinski definition) is 0. The van der Waals surface area contributed by atoms with E-state index in [1.165, 1.54) is 5.56 Å². The van der Waals surface area contributed by atoms with Crippen LogP contribution in [-0.2, 0) is 11.2 Å². The van der Waals surface area contributed by atoms with Gasteiger partial charge in [-0.1, -0.05) is 22.9 Å². The molecule has 7 nitrogen and oxygen atoms in total. The maximum atomic E-state index is 12.3. The van der Waals surface area contributed by atoms with E-state index in [1.807, 2.05) is 62.4 Å². The zero-order chi connectivity index (χ0) is 21.3. The lowest BCUT2D eigenvalue weighted by atomic mass is 10.2. The quantitative estimate of drug-likeness (QED) is 0.505. The van der Waals surface area contributed by atoms with E-state index >= 15 is 0 Å². The first kappa shape index (κ1) is 21.4. The molecule has 0 fully saturated rings. The third kappa shape index (κ3) is 6.07. The number of carbonyl (C=O) groups is 1. The molecule has 0 aliphatic heterocycles. The highest BCUT2D eigenvalue weighted by Gasteiger charge is 2.13. The summed E-state index contributed by atoms with van der Waals surface area (Å²) in [6.07, 6.45) is 0.692. The summed E-state index contributed by atoms with van der Waals surface area (Å²) in [6.45, 7) is 5.53. The van der Waals surface area contributed by atoms with Gasteiger partial charge in [-0.15, -0.1) is 0 Å². The summed E-state index contributed by atoms with van der Waals surface area (Å²) >= 11 is 0. The summed E-state index contributed by atoms with van der Waals surface area (Å²) in [4.78, 5) is 18.4. The van der Waals surface area contributed by atoms with Crippen LogP contribution in [0.5, 0.6) is 11.5 Å². The fourth-order valence-corrected chi connectivity index (χ4v) is 2.80. The van der Waals surface area contributed by atoms with Gasteiger partial charge in [0.25, 0.3) is 0 Å². The maximum Gasteiger partial charge on any atom is 0.227 e. The van der Waals surface area contributed by atoms with Crippen molar-refractivity contribution < 1.29 is 18.8 Å². The molecule has 0 saturated heterocycles. The van der Waals surface area contributed by atoms with E-state index in [9.17, 15) is 4.79 Å². The SMILES string of the molecule is CCOc1ccc(-c2noc(CCC(=O)N(C)CCOc3ccc(C)cc3)n2)cc1. The van der Waals surface area contributed by atoms with Crippen molar-refractivity contribution in [3.05, 3.63) is 60.0 Å². The van der Waals surface area contributed by atoms with Crippen molar-refractivity contribution in [2.24, 2.45) is 0 Å². The lowest BCUT2D eigenvalue weighted by Gasteiger charge is -2.17. The van der Waals surface area contributed by atoms with Gasteiger partial charge in [-0.05, 0) is 50.2 Å². The lowest BCUT2D eigenvalue weighted by molar-refractivity contribution is -0.130. The van der Waals surface area contributed by atoms with Crippen LogP contribution in [0.2, 0.25) is 0 Å². The Labute approximate surface area is 176 Å². The van der Waals surface area contributed by atoms with E-state index in [0.717, 1.165) is 17.1 Å². The predicted octanol–water partition coefficient (Wildman–Crippen LogP) is 3.91. The Kier molecular flexibility index (Phi) is 7.43. The number of aromatic nitrogens is 2. The zero-order valence-corrected chi connectivity index (χ0v) is 17.6. The van der Waals surface area contributed by atoms with E-state index in [0.29, 0.717) is 44.3 Å². The Balaban J connectivity index is 1.43. The molecule has 0 unspecified atom stereocenters. The van der Waals surface area contributed by atoms with Gasteiger partial charge in [-0.25, -0.2) is 0 Å². The van der Waals surface area contributed by atoms with Gasteiger partial charge in [0, 0.05) is 25.5 Å². The molecule has 0 spiro atoms. The van der Waals surface area contributed by atoms with Gasteiger partial charge in [-0.2, -0.15) is 4.98 Å². The summed E-state index contributed by atoms with van der Waals surface area (Å²) in [6, 6.07) is 15.3. The molecule has 1 amide bonds. The Morgan fingerprint density at radius 3 is 2.40 bits per heavy atom. The van der Waals surface area contributed by atoms with Crippen LogP contribution >= 0.6 is 0 Å². The third-order valence-corrected chi connectivity index (χ3v) is 4.59. The molecular formula is C23H27N3O4. The van der Waals surface area contributed by atoms with Gasteiger partial charge in [0.05, 0.1) is 13.2 Å². The number of nitrogens with zero attached hydrogens (tertiary/aromatic N) is 3. The summed E-state index contributed by atoms with van der Waals surface area (Å²) in [7, 11) is 1.76. The second-order valence-electron chi connectivity index (χ2n) is 6.95. The molecule has 0 atom stereocenters. The van der Waals surface area contributed by atoms with Crippen LogP contribution in [0.25, 0.3) is 11.4 Å². The zero-order valence-electron chi connectivity index (χ0n) is 17.6. The normalized spacial score (nSPS) is 10.6. The van der Waals surface area contributed by atoms with Crippen molar-refractivity contribution in [1.82, 2.24) is 15.0 Å². The Hall–Kier alpha value is -3.35. The van der Waals surface area contributed by atoms with Gasteiger partial charge in [0.2, 0.25) is 17.6 Å². The Bertz CT molecular complexity index is 936. The van der Waals surface area contributed by atoms with Crippen molar-refractivity contribution in [3.8, 4) is 22.9 Å². The molecule has 1 aromatic heterocycles. The molecule has 158 valence electrons. The van der Waals surface area contributed by atoms with E-state index in [4.69, 9.17) is 14.0 Å². The monoisotopic (exact) mass is 409 g/mol. The van der Waals surface area contributed by atoms with Crippen molar-refractivity contribution in [2.45, 2.75) is 26.7 Å². The molecule has 2 aromatic carbocycles. The molecule has 3 rings (SSSR count). The third-order valence-electron chi connectivity index (χ3n) is 4.59. The Morgan fingerprint density at radius 2 is 1.70 bits per heavy atom. The average Bonchev–Trinajstić information content (AvgIpc) is 3.23. The van der Waals surface area contributed by atoms with E-state index in [2.05, 4.69) is 10.1 Å². The number of ether oxygens (including phenoxy) is 2.